The smallest absolute Gasteiger partial charge is 0.259 e. The summed E-state index contributed by atoms with van der Waals surface area (Å²) >= 11 is 0. The first-order chi connectivity index (χ1) is 12.9. The third-order valence-electron chi connectivity index (χ3n) is 3.85. The zero-order valence-electron chi connectivity index (χ0n) is 15.7. The van der Waals surface area contributed by atoms with E-state index in [-0.39, 0.29) is 12.5 Å². The van der Waals surface area contributed by atoms with Gasteiger partial charge in [-0.25, -0.2) is 0 Å². The van der Waals surface area contributed by atoms with Crippen molar-refractivity contribution in [2.75, 3.05) is 20.7 Å². The molecule has 0 unspecified atom stereocenters. The highest BCUT2D eigenvalue weighted by molar-refractivity contribution is 6.01. The predicted molar refractivity (Wildman–Crippen MR) is 106 cm³/mol. The zero-order valence-corrected chi connectivity index (χ0v) is 15.7. The number of carbonyl (C=O) groups excluding carboxylic acids is 1. The van der Waals surface area contributed by atoms with Gasteiger partial charge < -0.3 is 9.64 Å². The van der Waals surface area contributed by atoms with Gasteiger partial charge in [-0.3, -0.25) is 10.2 Å². The molecule has 1 N–H and O–H groups in total. The highest BCUT2D eigenvalue weighted by atomic mass is 16.5. The third-order valence-corrected chi connectivity index (χ3v) is 3.85. The van der Waals surface area contributed by atoms with Gasteiger partial charge >= 0.3 is 0 Å². The number of hydrogen-bond donors (Lipinski definition) is 1. The van der Waals surface area contributed by atoms with Crippen LogP contribution in [0.15, 0.2) is 60.2 Å². The van der Waals surface area contributed by atoms with E-state index in [2.05, 4.69) is 23.2 Å². The summed E-state index contributed by atoms with van der Waals surface area (Å²) in [5, 5.41) is 13.2. The van der Waals surface area contributed by atoms with Gasteiger partial charge in [0.25, 0.3) is 5.91 Å². The second-order valence-corrected chi connectivity index (χ2v) is 6.05. The van der Waals surface area contributed by atoms with Crippen LogP contribution in [0, 0.1) is 11.3 Å². The Hall–Kier alpha value is -3.59. The molecule has 138 valence electrons. The largest absolute Gasteiger partial charge is 0.483 e. The molecule has 0 radical (unpaired) electrons. The fourth-order valence-corrected chi connectivity index (χ4v) is 2.18. The minimum Gasteiger partial charge on any atom is -0.483 e. The van der Waals surface area contributed by atoms with Gasteiger partial charge in [-0.1, -0.05) is 30.8 Å². The molecule has 2 rings (SSSR count). The molecule has 0 bridgehead atoms. The molecule has 0 aliphatic heterocycles. The number of nitriles is 1. The standard InChI is InChI=1S/C21H22N4O2/c1-15(18-11-9-17(13-22)10-12-18)23-24-16(2)19-7-5-6-8-20(19)27-14-21(26)25(3)4/h5-12,23H,1,14H2,2-4H3/b24-16+. The van der Waals surface area contributed by atoms with Crippen LogP contribution in [0.1, 0.15) is 23.6 Å². The average Bonchev–Trinajstić information content (AvgIpc) is 2.70. The van der Waals surface area contributed by atoms with E-state index >= 15 is 0 Å². The molecule has 0 atom stereocenters. The van der Waals surface area contributed by atoms with Gasteiger partial charge in [-0.05, 0) is 36.8 Å². The lowest BCUT2D eigenvalue weighted by molar-refractivity contribution is -0.130. The molecule has 0 aromatic heterocycles. The number of amides is 1. The van der Waals surface area contributed by atoms with Crippen LogP contribution in [-0.2, 0) is 4.79 Å². The molecule has 2 aromatic carbocycles. The second-order valence-electron chi connectivity index (χ2n) is 6.05. The highest BCUT2D eigenvalue weighted by Gasteiger charge is 2.10. The van der Waals surface area contributed by atoms with Crippen molar-refractivity contribution in [3.63, 3.8) is 0 Å². The van der Waals surface area contributed by atoms with Crippen LogP contribution in [-0.4, -0.2) is 37.2 Å². The van der Waals surface area contributed by atoms with E-state index in [0.717, 1.165) is 11.1 Å². The molecule has 0 aliphatic carbocycles. The summed E-state index contributed by atoms with van der Waals surface area (Å²) in [6, 6.07) is 16.5. The summed E-state index contributed by atoms with van der Waals surface area (Å²) in [4.78, 5) is 13.2. The lowest BCUT2D eigenvalue weighted by Gasteiger charge is -2.14. The highest BCUT2D eigenvalue weighted by Crippen LogP contribution is 2.19. The second kappa shape index (κ2) is 9.20. The fourth-order valence-electron chi connectivity index (χ4n) is 2.18. The third kappa shape index (κ3) is 5.44. The first-order valence-corrected chi connectivity index (χ1v) is 8.34. The van der Waals surface area contributed by atoms with E-state index in [4.69, 9.17) is 10.00 Å². The van der Waals surface area contributed by atoms with Crippen LogP contribution < -0.4 is 10.2 Å². The maximum atomic E-state index is 11.7. The van der Waals surface area contributed by atoms with E-state index in [1.54, 1.807) is 32.3 Å². The minimum atomic E-state index is -0.119. The van der Waals surface area contributed by atoms with Crippen LogP contribution in [0.3, 0.4) is 0 Å². The van der Waals surface area contributed by atoms with Gasteiger partial charge in [-0.15, -0.1) is 0 Å². The van der Waals surface area contributed by atoms with Crippen LogP contribution in [0.4, 0.5) is 0 Å². The monoisotopic (exact) mass is 362 g/mol. The Morgan fingerprint density at radius 1 is 1.22 bits per heavy atom. The zero-order chi connectivity index (χ0) is 19.8. The van der Waals surface area contributed by atoms with Crippen molar-refractivity contribution in [2.45, 2.75) is 6.92 Å². The number of hydrazone groups is 1. The van der Waals surface area contributed by atoms with Crippen molar-refractivity contribution < 1.29 is 9.53 Å². The molecule has 27 heavy (non-hydrogen) atoms. The predicted octanol–water partition coefficient (Wildman–Crippen LogP) is 3.01. The van der Waals surface area contributed by atoms with E-state index in [9.17, 15) is 4.79 Å². The van der Waals surface area contributed by atoms with Crippen LogP contribution in [0.25, 0.3) is 5.70 Å². The van der Waals surface area contributed by atoms with Gasteiger partial charge in [0.2, 0.25) is 0 Å². The van der Waals surface area contributed by atoms with Crippen molar-refractivity contribution in [2.24, 2.45) is 5.10 Å². The number of carbonyl (C=O) groups is 1. The maximum absolute atomic E-state index is 11.7. The Morgan fingerprint density at radius 2 is 1.89 bits per heavy atom. The molecule has 2 aromatic rings. The normalized spacial score (nSPS) is 10.7. The number of likely N-dealkylation sites (N-methyl/N-ethyl adjacent to an activating group) is 1. The number of nitrogens with one attached hydrogen (secondary N) is 1. The number of hydrogen-bond acceptors (Lipinski definition) is 5. The summed E-state index contributed by atoms with van der Waals surface area (Å²) in [5.41, 5.74) is 6.44. The van der Waals surface area contributed by atoms with Crippen molar-refractivity contribution in [1.82, 2.24) is 10.3 Å². The lowest BCUT2D eigenvalue weighted by atomic mass is 10.1. The number of benzene rings is 2. The van der Waals surface area contributed by atoms with Crippen LogP contribution >= 0.6 is 0 Å². The first kappa shape index (κ1) is 19.7. The van der Waals surface area contributed by atoms with Crippen molar-refractivity contribution in [1.29, 1.82) is 5.26 Å². The van der Waals surface area contributed by atoms with Crippen LogP contribution in [0.2, 0.25) is 0 Å². The summed E-state index contributed by atoms with van der Waals surface area (Å²) in [5.74, 6) is 0.464. The van der Waals surface area contributed by atoms with E-state index < -0.39 is 0 Å². The Labute approximate surface area is 159 Å². The van der Waals surface area contributed by atoms with Crippen LogP contribution in [0.5, 0.6) is 5.75 Å². The van der Waals surface area contributed by atoms with Gasteiger partial charge in [0.1, 0.15) is 5.75 Å². The lowest BCUT2D eigenvalue weighted by Crippen LogP contribution is -2.27. The molecule has 0 saturated carbocycles. The number of rotatable bonds is 7. The molecule has 1 amide bonds. The molecule has 6 nitrogen and oxygen atoms in total. The summed E-state index contributed by atoms with van der Waals surface area (Å²) < 4.78 is 5.65. The topological polar surface area (TPSA) is 77.7 Å². The average molecular weight is 362 g/mol. The molecule has 0 heterocycles. The summed E-state index contributed by atoms with van der Waals surface area (Å²) in [6.07, 6.45) is 0. The van der Waals surface area contributed by atoms with Crippen molar-refractivity contribution in [3.05, 3.63) is 71.8 Å². The minimum absolute atomic E-state index is 0.0390. The molecule has 0 fully saturated rings. The number of nitrogens with zero attached hydrogens (tertiary/aromatic N) is 3. The molecule has 0 spiro atoms. The summed E-state index contributed by atoms with van der Waals surface area (Å²) in [7, 11) is 3.37. The number of ether oxygens (including phenoxy) is 1. The van der Waals surface area contributed by atoms with Gasteiger partial charge in [0, 0.05) is 19.7 Å². The van der Waals surface area contributed by atoms with Gasteiger partial charge in [0.15, 0.2) is 6.61 Å². The SMILES string of the molecule is C=C(N/N=C(\C)c1ccccc1OCC(=O)N(C)C)c1ccc(C#N)cc1. The van der Waals surface area contributed by atoms with E-state index in [1.807, 2.05) is 37.3 Å². The van der Waals surface area contributed by atoms with Gasteiger partial charge in [-0.2, -0.15) is 10.4 Å². The van der Waals surface area contributed by atoms with E-state index in [0.29, 0.717) is 22.7 Å². The Morgan fingerprint density at radius 3 is 2.52 bits per heavy atom. The van der Waals surface area contributed by atoms with Crippen molar-refractivity contribution >= 4 is 17.3 Å². The molecule has 0 aliphatic rings. The quantitative estimate of drug-likeness (QED) is 0.607. The maximum Gasteiger partial charge on any atom is 0.259 e. The molecular formula is C21H22N4O2. The number of para-hydroxylation sites is 1. The fraction of sp³-hybridized carbons (Fsp3) is 0.190. The van der Waals surface area contributed by atoms with Gasteiger partial charge in [0.05, 0.1) is 23.0 Å². The first-order valence-electron chi connectivity index (χ1n) is 8.34. The molecule has 6 heteroatoms. The van der Waals surface area contributed by atoms with E-state index in [1.165, 1.54) is 4.90 Å². The summed E-state index contributed by atoms with van der Waals surface area (Å²) in [6.45, 7) is 5.77. The Kier molecular flexibility index (Phi) is 6.73. The Bertz CT molecular complexity index is 893. The molecule has 0 saturated heterocycles. The van der Waals surface area contributed by atoms with Crippen molar-refractivity contribution in [3.8, 4) is 11.8 Å². The Balaban J connectivity index is 2.09. The molecular weight excluding hydrogens is 340 g/mol.